The van der Waals surface area contributed by atoms with E-state index >= 15 is 0 Å². The second-order valence-electron chi connectivity index (χ2n) is 6.72. The van der Waals surface area contributed by atoms with Crippen molar-refractivity contribution in [2.45, 2.75) is 25.2 Å². The van der Waals surface area contributed by atoms with Crippen LogP contribution in [0.4, 0.5) is 0 Å². The van der Waals surface area contributed by atoms with Crippen LogP contribution in [0.15, 0.2) is 53.0 Å². The number of hydrogen-bond acceptors (Lipinski definition) is 3. The average molecular weight is 416 g/mol. The molecule has 1 N–H and O–H groups in total. The van der Waals surface area contributed by atoms with Crippen LogP contribution in [0, 0.1) is 0 Å². The minimum absolute atomic E-state index is 0.00615. The minimum atomic E-state index is -0.122. The highest BCUT2D eigenvalue weighted by Crippen LogP contribution is 2.35. The zero-order valence-corrected chi connectivity index (χ0v) is 16.3. The fourth-order valence-corrected chi connectivity index (χ4v) is 3.61. The Morgan fingerprint density at radius 3 is 2.15 bits per heavy atom. The van der Waals surface area contributed by atoms with Crippen molar-refractivity contribution in [2.75, 3.05) is 19.8 Å². The van der Waals surface area contributed by atoms with Crippen molar-refractivity contribution in [3.05, 3.63) is 69.7 Å². The molecule has 0 atom stereocenters. The number of ketones is 1. The highest BCUT2D eigenvalue weighted by molar-refractivity contribution is 9.10. The highest BCUT2D eigenvalue weighted by atomic mass is 79.9. The minimum Gasteiger partial charge on any atom is -0.381 e. The number of rotatable bonds is 5. The van der Waals surface area contributed by atoms with E-state index in [1.807, 2.05) is 12.1 Å². The molecular weight excluding hydrogens is 394 g/mol. The number of Topliss-reactive ketones (excluding diaryl/α,β-unsaturated/α-hetero) is 1. The van der Waals surface area contributed by atoms with Gasteiger partial charge in [0, 0.05) is 40.8 Å². The molecule has 0 unspecified atom stereocenters. The molecule has 3 rings (SSSR count). The summed E-state index contributed by atoms with van der Waals surface area (Å²) in [5, 5.41) is 3.08. The first kappa shape index (κ1) is 18.8. The number of amides is 1. The Hall–Kier alpha value is -1.98. The molecule has 1 heterocycles. The number of hydrogen-bond donors (Lipinski definition) is 1. The van der Waals surface area contributed by atoms with E-state index in [0.717, 1.165) is 17.3 Å². The predicted molar refractivity (Wildman–Crippen MR) is 105 cm³/mol. The Morgan fingerprint density at radius 2 is 1.58 bits per heavy atom. The summed E-state index contributed by atoms with van der Waals surface area (Å²) in [4.78, 5) is 23.9. The molecule has 1 aliphatic heterocycles. The van der Waals surface area contributed by atoms with Crippen molar-refractivity contribution in [3.8, 4) is 0 Å². The molecule has 0 bridgehead atoms. The van der Waals surface area contributed by atoms with E-state index in [9.17, 15) is 9.59 Å². The van der Waals surface area contributed by atoms with Gasteiger partial charge >= 0.3 is 0 Å². The number of nitrogens with one attached hydrogen (secondary N) is 1. The van der Waals surface area contributed by atoms with Crippen LogP contribution in [0.1, 0.15) is 46.0 Å². The first-order chi connectivity index (χ1) is 12.5. The van der Waals surface area contributed by atoms with Gasteiger partial charge in [0.2, 0.25) is 0 Å². The maximum absolute atomic E-state index is 12.6. The van der Waals surface area contributed by atoms with Crippen molar-refractivity contribution in [1.82, 2.24) is 5.32 Å². The van der Waals surface area contributed by atoms with Crippen LogP contribution in [-0.4, -0.2) is 31.4 Å². The topological polar surface area (TPSA) is 55.4 Å². The highest BCUT2D eigenvalue weighted by Gasteiger charge is 2.34. The number of ether oxygens (including phenoxy) is 1. The SMILES string of the molecule is CC(=O)c1ccc(C(=O)NCC2(c3ccc(Br)cc3)CCOCC2)cc1. The summed E-state index contributed by atoms with van der Waals surface area (Å²) in [7, 11) is 0. The third-order valence-corrected chi connectivity index (χ3v) is 5.58. The molecule has 2 aromatic carbocycles. The Labute approximate surface area is 162 Å². The monoisotopic (exact) mass is 415 g/mol. The average Bonchev–Trinajstić information content (AvgIpc) is 2.67. The summed E-state index contributed by atoms with van der Waals surface area (Å²) in [6.45, 7) is 3.46. The van der Waals surface area contributed by atoms with Crippen LogP contribution in [0.3, 0.4) is 0 Å². The van der Waals surface area contributed by atoms with Gasteiger partial charge in [-0.25, -0.2) is 0 Å². The molecule has 0 aliphatic carbocycles. The molecule has 1 amide bonds. The third-order valence-electron chi connectivity index (χ3n) is 5.05. The maximum atomic E-state index is 12.6. The molecule has 2 aromatic rings. The van der Waals surface area contributed by atoms with E-state index in [0.29, 0.717) is 30.9 Å². The first-order valence-electron chi connectivity index (χ1n) is 8.73. The lowest BCUT2D eigenvalue weighted by Crippen LogP contribution is -2.44. The van der Waals surface area contributed by atoms with Gasteiger partial charge in [-0.2, -0.15) is 0 Å². The van der Waals surface area contributed by atoms with Crippen molar-refractivity contribution >= 4 is 27.6 Å². The van der Waals surface area contributed by atoms with Crippen LogP contribution >= 0.6 is 15.9 Å². The molecule has 0 saturated carbocycles. The standard InChI is InChI=1S/C21H22BrNO3/c1-15(24)16-2-4-17(5-3-16)20(25)23-14-21(10-12-26-13-11-21)18-6-8-19(22)9-7-18/h2-9H,10-14H2,1H3,(H,23,25). The molecule has 0 radical (unpaired) electrons. The van der Waals surface area contributed by atoms with Crippen LogP contribution in [0.25, 0.3) is 0 Å². The summed E-state index contributed by atoms with van der Waals surface area (Å²) in [5.74, 6) is -0.128. The lowest BCUT2D eigenvalue weighted by Gasteiger charge is -2.38. The predicted octanol–water partition coefficient (Wildman–Crippen LogP) is 4.13. The Balaban J connectivity index is 1.74. The van der Waals surface area contributed by atoms with Gasteiger partial charge in [-0.1, -0.05) is 40.2 Å². The van der Waals surface area contributed by atoms with E-state index in [4.69, 9.17) is 4.74 Å². The van der Waals surface area contributed by atoms with Gasteiger partial charge in [-0.05, 0) is 49.6 Å². The maximum Gasteiger partial charge on any atom is 0.251 e. The smallest absolute Gasteiger partial charge is 0.251 e. The number of benzene rings is 2. The largest absolute Gasteiger partial charge is 0.381 e. The van der Waals surface area contributed by atoms with E-state index in [1.165, 1.54) is 12.5 Å². The molecule has 0 aromatic heterocycles. The molecule has 26 heavy (non-hydrogen) atoms. The fraction of sp³-hybridized carbons (Fsp3) is 0.333. The molecule has 1 aliphatic rings. The van der Waals surface area contributed by atoms with E-state index < -0.39 is 0 Å². The zero-order valence-electron chi connectivity index (χ0n) is 14.8. The van der Waals surface area contributed by atoms with Gasteiger partial charge in [0.15, 0.2) is 5.78 Å². The molecule has 0 spiro atoms. The first-order valence-corrected chi connectivity index (χ1v) is 9.52. The Kier molecular flexibility index (Phi) is 5.89. The van der Waals surface area contributed by atoms with Crippen molar-refractivity contribution in [2.24, 2.45) is 0 Å². The molecular formula is C21H22BrNO3. The zero-order chi connectivity index (χ0) is 18.6. The second-order valence-corrected chi connectivity index (χ2v) is 7.63. The summed E-state index contributed by atoms with van der Waals surface area (Å²) in [6.07, 6.45) is 1.75. The van der Waals surface area contributed by atoms with Crippen molar-refractivity contribution in [3.63, 3.8) is 0 Å². The van der Waals surface area contributed by atoms with Gasteiger partial charge in [-0.3, -0.25) is 9.59 Å². The molecule has 4 nitrogen and oxygen atoms in total. The lowest BCUT2D eigenvalue weighted by molar-refractivity contribution is 0.0487. The Bertz CT molecular complexity index is 778. The van der Waals surface area contributed by atoms with Gasteiger partial charge in [0.05, 0.1) is 0 Å². The van der Waals surface area contributed by atoms with Gasteiger partial charge in [0.25, 0.3) is 5.91 Å². The number of carbonyl (C=O) groups excluding carboxylic acids is 2. The van der Waals surface area contributed by atoms with Gasteiger partial charge in [0.1, 0.15) is 0 Å². The fourth-order valence-electron chi connectivity index (χ4n) is 3.34. The second kappa shape index (κ2) is 8.14. The number of carbonyl (C=O) groups is 2. The summed E-state index contributed by atoms with van der Waals surface area (Å²) < 4.78 is 6.58. The van der Waals surface area contributed by atoms with Crippen LogP contribution in [-0.2, 0) is 10.2 Å². The van der Waals surface area contributed by atoms with Crippen LogP contribution in [0.5, 0.6) is 0 Å². The number of halogens is 1. The third kappa shape index (κ3) is 4.22. The van der Waals surface area contributed by atoms with Gasteiger partial charge < -0.3 is 10.1 Å². The molecule has 1 fully saturated rings. The molecule has 1 saturated heterocycles. The summed E-state index contributed by atoms with van der Waals surface area (Å²) in [5.41, 5.74) is 2.27. The van der Waals surface area contributed by atoms with E-state index in [-0.39, 0.29) is 17.1 Å². The lowest BCUT2D eigenvalue weighted by atomic mass is 9.74. The molecule has 5 heteroatoms. The summed E-state index contributed by atoms with van der Waals surface area (Å²) in [6, 6.07) is 15.1. The summed E-state index contributed by atoms with van der Waals surface area (Å²) >= 11 is 3.48. The molecule has 136 valence electrons. The van der Waals surface area contributed by atoms with Crippen molar-refractivity contribution < 1.29 is 14.3 Å². The van der Waals surface area contributed by atoms with Gasteiger partial charge in [-0.15, -0.1) is 0 Å². The van der Waals surface area contributed by atoms with Crippen LogP contribution in [0.2, 0.25) is 0 Å². The Morgan fingerprint density at radius 1 is 1.00 bits per heavy atom. The van der Waals surface area contributed by atoms with E-state index in [1.54, 1.807) is 24.3 Å². The normalized spacial score (nSPS) is 16.1. The van der Waals surface area contributed by atoms with Crippen molar-refractivity contribution in [1.29, 1.82) is 0 Å². The van der Waals surface area contributed by atoms with Crippen LogP contribution < -0.4 is 5.32 Å². The van der Waals surface area contributed by atoms with E-state index in [2.05, 4.69) is 33.4 Å². The quantitative estimate of drug-likeness (QED) is 0.746.